The minimum atomic E-state index is -0.0700. The van der Waals surface area contributed by atoms with E-state index in [0.29, 0.717) is 12.1 Å². The van der Waals surface area contributed by atoms with Gasteiger partial charge in [-0.25, -0.2) is 0 Å². The van der Waals surface area contributed by atoms with E-state index in [1.54, 1.807) is 6.20 Å². The van der Waals surface area contributed by atoms with Crippen LogP contribution in [0.4, 0.5) is 0 Å². The highest BCUT2D eigenvalue weighted by atomic mass is 79.9. The molecule has 0 bridgehead atoms. The number of carbonyl (C=O) groups excluding carboxylic acids is 1. The fourth-order valence-electron chi connectivity index (χ4n) is 1.73. The third kappa shape index (κ3) is 3.41. The molecule has 1 aromatic heterocycles. The van der Waals surface area contributed by atoms with Crippen molar-refractivity contribution in [3.8, 4) is 0 Å². The van der Waals surface area contributed by atoms with Gasteiger partial charge in [-0.15, -0.1) is 0 Å². The Morgan fingerprint density at radius 3 is 2.74 bits per heavy atom. The number of benzene rings is 1. The van der Waals surface area contributed by atoms with Gasteiger partial charge < -0.3 is 5.32 Å². The van der Waals surface area contributed by atoms with Gasteiger partial charge in [0.2, 0.25) is 0 Å². The van der Waals surface area contributed by atoms with Crippen molar-refractivity contribution in [1.82, 2.24) is 10.3 Å². The zero-order valence-electron chi connectivity index (χ0n) is 10.9. The first-order chi connectivity index (χ1) is 9.08. The Labute approximate surface area is 121 Å². The van der Waals surface area contributed by atoms with E-state index in [4.69, 9.17) is 0 Å². The summed E-state index contributed by atoms with van der Waals surface area (Å²) in [5.41, 5.74) is 3.60. The van der Waals surface area contributed by atoms with Crippen LogP contribution in [0.2, 0.25) is 0 Å². The standard InChI is InChI=1S/C15H15BrN2O/c1-10-6-7-12(8-17-10)9-18-15(19)13-4-3-5-14(16)11(13)2/h3-8H,9H2,1-2H3,(H,18,19). The summed E-state index contributed by atoms with van der Waals surface area (Å²) >= 11 is 3.43. The third-order valence-electron chi connectivity index (χ3n) is 2.94. The van der Waals surface area contributed by atoms with Crippen LogP contribution in [-0.4, -0.2) is 10.9 Å². The lowest BCUT2D eigenvalue weighted by Gasteiger charge is -2.09. The molecule has 98 valence electrons. The molecule has 2 rings (SSSR count). The highest BCUT2D eigenvalue weighted by Crippen LogP contribution is 2.19. The van der Waals surface area contributed by atoms with Gasteiger partial charge in [-0.2, -0.15) is 0 Å². The number of rotatable bonds is 3. The van der Waals surface area contributed by atoms with Crippen LogP contribution in [0.5, 0.6) is 0 Å². The molecular formula is C15H15BrN2O. The van der Waals surface area contributed by atoms with Crippen molar-refractivity contribution in [2.75, 3.05) is 0 Å². The molecule has 4 heteroatoms. The molecular weight excluding hydrogens is 304 g/mol. The van der Waals surface area contributed by atoms with Gasteiger partial charge in [0.1, 0.15) is 0 Å². The smallest absolute Gasteiger partial charge is 0.251 e. The molecule has 0 aliphatic heterocycles. The summed E-state index contributed by atoms with van der Waals surface area (Å²) in [7, 11) is 0. The summed E-state index contributed by atoms with van der Waals surface area (Å²) in [5, 5.41) is 2.90. The van der Waals surface area contributed by atoms with E-state index in [2.05, 4.69) is 26.2 Å². The normalized spacial score (nSPS) is 10.3. The van der Waals surface area contributed by atoms with Crippen LogP contribution in [0.1, 0.15) is 27.2 Å². The monoisotopic (exact) mass is 318 g/mol. The van der Waals surface area contributed by atoms with E-state index < -0.39 is 0 Å². The van der Waals surface area contributed by atoms with Crippen LogP contribution < -0.4 is 5.32 Å². The van der Waals surface area contributed by atoms with Crippen LogP contribution in [0, 0.1) is 13.8 Å². The Balaban J connectivity index is 2.05. The van der Waals surface area contributed by atoms with E-state index in [1.807, 2.05) is 44.2 Å². The van der Waals surface area contributed by atoms with Crippen molar-refractivity contribution >= 4 is 21.8 Å². The molecule has 3 nitrogen and oxygen atoms in total. The summed E-state index contributed by atoms with van der Waals surface area (Å²) in [5.74, 6) is -0.0700. The van der Waals surface area contributed by atoms with Gasteiger partial charge in [-0.05, 0) is 43.2 Å². The Hall–Kier alpha value is -1.68. The number of aromatic nitrogens is 1. The molecule has 0 aliphatic carbocycles. The van der Waals surface area contributed by atoms with Crippen molar-refractivity contribution in [2.24, 2.45) is 0 Å². The van der Waals surface area contributed by atoms with Crippen molar-refractivity contribution in [2.45, 2.75) is 20.4 Å². The molecule has 0 aliphatic rings. The lowest BCUT2D eigenvalue weighted by molar-refractivity contribution is 0.0950. The Morgan fingerprint density at radius 2 is 2.05 bits per heavy atom. The Bertz CT molecular complexity index is 594. The van der Waals surface area contributed by atoms with E-state index >= 15 is 0 Å². The zero-order chi connectivity index (χ0) is 13.8. The average molecular weight is 319 g/mol. The highest BCUT2D eigenvalue weighted by molar-refractivity contribution is 9.10. The molecule has 0 atom stereocenters. The summed E-state index contributed by atoms with van der Waals surface area (Å²) in [6.07, 6.45) is 1.78. The molecule has 0 spiro atoms. The molecule has 0 saturated heterocycles. The Morgan fingerprint density at radius 1 is 1.26 bits per heavy atom. The SMILES string of the molecule is Cc1ccc(CNC(=O)c2cccc(Br)c2C)cn1. The average Bonchev–Trinajstić information content (AvgIpc) is 2.41. The molecule has 1 heterocycles. The zero-order valence-corrected chi connectivity index (χ0v) is 12.5. The minimum absolute atomic E-state index is 0.0700. The van der Waals surface area contributed by atoms with Crippen LogP contribution in [0.3, 0.4) is 0 Å². The lowest BCUT2D eigenvalue weighted by atomic mass is 10.1. The second-order valence-electron chi connectivity index (χ2n) is 4.40. The van der Waals surface area contributed by atoms with Crippen LogP contribution >= 0.6 is 15.9 Å². The Kier molecular flexibility index (Phi) is 4.32. The second-order valence-corrected chi connectivity index (χ2v) is 5.26. The van der Waals surface area contributed by atoms with Crippen molar-refractivity contribution in [3.05, 3.63) is 63.4 Å². The lowest BCUT2D eigenvalue weighted by Crippen LogP contribution is -2.23. The predicted octanol–water partition coefficient (Wildman–Crippen LogP) is 3.39. The second kappa shape index (κ2) is 5.97. The van der Waals surface area contributed by atoms with E-state index in [1.165, 1.54) is 0 Å². The molecule has 0 radical (unpaired) electrons. The number of amides is 1. The van der Waals surface area contributed by atoms with E-state index in [9.17, 15) is 4.79 Å². The first-order valence-corrected chi connectivity index (χ1v) is 6.82. The number of hydrogen-bond donors (Lipinski definition) is 1. The number of aryl methyl sites for hydroxylation is 1. The largest absolute Gasteiger partial charge is 0.348 e. The summed E-state index contributed by atoms with van der Waals surface area (Å²) in [4.78, 5) is 16.3. The number of carbonyl (C=O) groups is 1. The number of pyridine rings is 1. The third-order valence-corrected chi connectivity index (χ3v) is 3.80. The van der Waals surface area contributed by atoms with E-state index in [0.717, 1.165) is 21.3 Å². The molecule has 0 saturated carbocycles. The number of halogens is 1. The van der Waals surface area contributed by atoms with Gasteiger partial charge in [-0.3, -0.25) is 9.78 Å². The van der Waals surface area contributed by atoms with Gasteiger partial charge >= 0.3 is 0 Å². The fraction of sp³-hybridized carbons (Fsp3) is 0.200. The van der Waals surface area contributed by atoms with Crippen LogP contribution in [0.15, 0.2) is 41.0 Å². The molecule has 1 N–H and O–H groups in total. The molecule has 2 aromatic rings. The van der Waals surface area contributed by atoms with Gasteiger partial charge in [0.25, 0.3) is 5.91 Å². The first-order valence-electron chi connectivity index (χ1n) is 6.03. The number of nitrogens with zero attached hydrogens (tertiary/aromatic N) is 1. The van der Waals surface area contributed by atoms with Crippen LogP contribution in [-0.2, 0) is 6.54 Å². The maximum atomic E-state index is 12.1. The van der Waals surface area contributed by atoms with E-state index in [-0.39, 0.29) is 5.91 Å². The number of hydrogen-bond acceptors (Lipinski definition) is 2. The molecule has 1 amide bonds. The summed E-state index contributed by atoms with van der Waals surface area (Å²) < 4.78 is 0.942. The quantitative estimate of drug-likeness (QED) is 0.942. The molecule has 0 fully saturated rings. The van der Waals surface area contributed by atoms with Crippen molar-refractivity contribution in [3.63, 3.8) is 0 Å². The predicted molar refractivity (Wildman–Crippen MR) is 79.0 cm³/mol. The maximum absolute atomic E-state index is 12.1. The highest BCUT2D eigenvalue weighted by Gasteiger charge is 2.10. The topological polar surface area (TPSA) is 42.0 Å². The summed E-state index contributed by atoms with van der Waals surface area (Å²) in [6.45, 7) is 4.34. The maximum Gasteiger partial charge on any atom is 0.251 e. The fourth-order valence-corrected chi connectivity index (χ4v) is 2.10. The molecule has 1 aromatic carbocycles. The molecule has 19 heavy (non-hydrogen) atoms. The summed E-state index contributed by atoms with van der Waals surface area (Å²) in [6, 6.07) is 9.51. The van der Waals surface area contributed by atoms with Gasteiger partial charge in [0.15, 0.2) is 0 Å². The number of nitrogens with one attached hydrogen (secondary N) is 1. The van der Waals surface area contributed by atoms with Gasteiger partial charge in [0, 0.05) is 28.5 Å². The minimum Gasteiger partial charge on any atom is -0.348 e. The van der Waals surface area contributed by atoms with Gasteiger partial charge in [-0.1, -0.05) is 28.1 Å². The molecule has 0 unspecified atom stereocenters. The first kappa shape index (κ1) is 13.7. The van der Waals surface area contributed by atoms with Crippen molar-refractivity contribution < 1.29 is 4.79 Å². The van der Waals surface area contributed by atoms with Crippen LogP contribution in [0.25, 0.3) is 0 Å². The van der Waals surface area contributed by atoms with Gasteiger partial charge in [0.05, 0.1) is 0 Å². The van der Waals surface area contributed by atoms with Crippen molar-refractivity contribution in [1.29, 1.82) is 0 Å².